The second-order valence-electron chi connectivity index (χ2n) is 5.79. The third-order valence-electron chi connectivity index (χ3n) is 4.06. The van der Waals surface area contributed by atoms with E-state index in [-0.39, 0.29) is 18.7 Å². The van der Waals surface area contributed by atoms with E-state index in [0.717, 1.165) is 12.8 Å². The summed E-state index contributed by atoms with van der Waals surface area (Å²) in [6.07, 6.45) is 5.86. The number of rotatable bonds is 6. The summed E-state index contributed by atoms with van der Waals surface area (Å²) in [6.45, 7) is 1.75. The Hall–Kier alpha value is -2.04. The van der Waals surface area contributed by atoms with Gasteiger partial charge in [-0.3, -0.25) is 4.79 Å². The number of carbonyl (C=O) groups excluding carboxylic acids is 2. The maximum absolute atomic E-state index is 12.2. The molecule has 22 heavy (non-hydrogen) atoms. The van der Waals surface area contributed by atoms with Crippen molar-refractivity contribution in [2.24, 2.45) is 11.7 Å². The molecule has 1 aromatic carbocycles. The zero-order valence-electron chi connectivity index (χ0n) is 12.9. The van der Waals surface area contributed by atoms with Gasteiger partial charge in [-0.05, 0) is 43.9 Å². The molecule has 1 amide bonds. The van der Waals surface area contributed by atoms with Gasteiger partial charge >= 0.3 is 5.97 Å². The highest BCUT2D eigenvalue weighted by Gasteiger charge is 2.23. The van der Waals surface area contributed by atoms with E-state index < -0.39 is 5.91 Å². The van der Waals surface area contributed by atoms with Gasteiger partial charge in [0.1, 0.15) is 11.9 Å². The van der Waals surface area contributed by atoms with Crippen LogP contribution >= 0.6 is 0 Å². The molecule has 0 heterocycles. The lowest BCUT2D eigenvalue weighted by molar-refractivity contribution is -0.119. The molecule has 1 aromatic rings. The van der Waals surface area contributed by atoms with E-state index in [9.17, 15) is 9.59 Å². The summed E-state index contributed by atoms with van der Waals surface area (Å²) in [5.74, 6) is -0.0351. The molecule has 0 aliphatic heterocycles. The van der Waals surface area contributed by atoms with Crippen molar-refractivity contribution in [3.8, 4) is 5.75 Å². The number of nitrogens with two attached hydrogens (primary N) is 1. The number of amides is 1. The Morgan fingerprint density at radius 2 is 2.00 bits per heavy atom. The number of ether oxygens (including phenoxy) is 2. The Morgan fingerprint density at radius 3 is 2.68 bits per heavy atom. The number of esters is 1. The van der Waals surface area contributed by atoms with Crippen LogP contribution in [-0.4, -0.2) is 24.6 Å². The molecule has 2 rings (SSSR count). The fourth-order valence-electron chi connectivity index (χ4n) is 2.80. The Morgan fingerprint density at radius 1 is 1.27 bits per heavy atom. The van der Waals surface area contributed by atoms with Gasteiger partial charge in [-0.1, -0.05) is 25.3 Å². The van der Waals surface area contributed by atoms with Gasteiger partial charge in [-0.2, -0.15) is 0 Å². The second kappa shape index (κ2) is 7.82. The van der Waals surface area contributed by atoms with Crippen LogP contribution in [0.1, 0.15) is 49.4 Å². The summed E-state index contributed by atoms with van der Waals surface area (Å²) in [6, 6.07) is 6.61. The Labute approximate surface area is 130 Å². The maximum atomic E-state index is 12.2. The number of hydrogen-bond donors (Lipinski definition) is 1. The first-order chi connectivity index (χ1) is 10.6. The molecule has 5 nitrogen and oxygen atoms in total. The van der Waals surface area contributed by atoms with Crippen molar-refractivity contribution < 1.29 is 19.1 Å². The zero-order valence-corrected chi connectivity index (χ0v) is 12.9. The van der Waals surface area contributed by atoms with Crippen LogP contribution in [0.15, 0.2) is 24.3 Å². The Balaban J connectivity index is 1.93. The number of primary amides is 1. The van der Waals surface area contributed by atoms with E-state index in [2.05, 4.69) is 0 Å². The molecular formula is C17H23NO4. The highest BCUT2D eigenvalue weighted by molar-refractivity contribution is 5.90. The maximum Gasteiger partial charge on any atom is 0.338 e. The van der Waals surface area contributed by atoms with Gasteiger partial charge in [0, 0.05) is 0 Å². The lowest BCUT2D eigenvalue weighted by Gasteiger charge is -2.27. The van der Waals surface area contributed by atoms with Crippen LogP contribution in [0.3, 0.4) is 0 Å². The van der Waals surface area contributed by atoms with E-state index in [1.54, 1.807) is 24.3 Å². The molecule has 1 saturated carbocycles. The fourth-order valence-corrected chi connectivity index (χ4v) is 2.80. The molecular weight excluding hydrogens is 282 g/mol. The molecule has 1 unspecified atom stereocenters. The van der Waals surface area contributed by atoms with Gasteiger partial charge in [0.2, 0.25) is 0 Å². The molecule has 5 heteroatoms. The molecule has 1 aliphatic rings. The monoisotopic (exact) mass is 305 g/mol. The molecule has 0 saturated heterocycles. The minimum Gasteiger partial charge on any atom is -0.484 e. The van der Waals surface area contributed by atoms with Gasteiger partial charge in [0.15, 0.2) is 6.61 Å². The predicted molar refractivity (Wildman–Crippen MR) is 82.6 cm³/mol. The quantitative estimate of drug-likeness (QED) is 0.820. The van der Waals surface area contributed by atoms with E-state index in [1.165, 1.54) is 19.3 Å². The molecule has 2 N–H and O–H groups in total. The zero-order chi connectivity index (χ0) is 15.9. The second-order valence-corrected chi connectivity index (χ2v) is 5.79. The molecule has 1 aliphatic carbocycles. The SMILES string of the molecule is CC(OC(=O)c1cccc(OCC(N)=O)c1)C1CCCCC1. The Kier molecular flexibility index (Phi) is 5.81. The first-order valence-corrected chi connectivity index (χ1v) is 7.78. The van der Waals surface area contributed by atoms with Crippen molar-refractivity contribution in [1.82, 2.24) is 0 Å². The predicted octanol–water partition coefficient (Wildman–Crippen LogP) is 2.68. The van der Waals surface area contributed by atoms with Crippen molar-refractivity contribution in [2.45, 2.75) is 45.1 Å². The number of carbonyl (C=O) groups is 2. The molecule has 0 spiro atoms. The van der Waals surface area contributed by atoms with Gasteiger partial charge in [0.25, 0.3) is 5.91 Å². The summed E-state index contributed by atoms with van der Waals surface area (Å²) in [5, 5.41) is 0. The van der Waals surface area contributed by atoms with Crippen LogP contribution in [0.4, 0.5) is 0 Å². The van der Waals surface area contributed by atoms with Gasteiger partial charge in [-0.15, -0.1) is 0 Å². The summed E-state index contributed by atoms with van der Waals surface area (Å²) < 4.78 is 10.8. The molecule has 0 radical (unpaired) electrons. The van der Waals surface area contributed by atoms with Crippen LogP contribution in [0, 0.1) is 5.92 Å². The molecule has 0 aromatic heterocycles. The number of hydrogen-bond acceptors (Lipinski definition) is 4. The van der Waals surface area contributed by atoms with E-state index in [1.807, 2.05) is 6.92 Å². The molecule has 1 fully saturated rings. The summed E-state index contributed by atoms with van der Waals surface area (Å²) in [7, 11) is 0. The lowest BCUT2D eigenvalue weighted by atomic mass is 9.86. The fraction of sp³-hybridized carbons (Fsp3) is 0.529. The highest BCUT2D eigenvalue weighted by Crippen LogP contribution is 2.28. The minimum absolute atomic E-state index is 0.0806. The van der Waals surface area contributed by atoms with Gasteiger partial charge in [-0.25, -0.2) is 4.79 Å². The molecule has 120 valence electrons. The minimum atomic E-state index is -0.557. The van der Waals surface area contributed by atoms with Crippen molar-refractivity contribution in [3.05, 3.63) is 29.8 Å². The Bertz CT molecular complexity index is 523. The largest absolute Gasteiger partial charge is 0.484 e. The highest BCUT2D eigenvalue weighted by atomic mass is 16.5. The van der Waals surface area contributed by atoms with Crippen molar-refractivity contribution in [1.29, 1.82) is 0 Å². The lowest BCUT2D eigenvalue weighted by Crippen LogP contribution is -2.26. The average molecular weight is 305 g/mol. The van der Waals surface area contributed by atoms with Crippen molar-refractivity contribution in [3.63, 3.8) is 0 Å². The molecule has 0 bridgehead atoms. The summed E-state index contributed by atoms with van der Waals surface area (Å²) >= 11 is 0. The van der Waals surface area contributed by atoms with E-state index in [0.29, 0.717) is 17.2 Å². The first kappa shape index (κ1) is 16.3. The van der Waals surface area contributed by atoms with Crippen LogP contribution in [0.5, 0.6) is 5.75 Å². The standard InChI is InChI=1S/C17H23NO4/c1-12(13-6-3-2-4-7-13)22-17(20)14-8-5-9-15(10-14)21-11-16(18)19/h5,8-10,12-13H,2-4,6-7,11H2,1H3,(H2,18,19). The molecule has 1 atom stereocenters. The first-order valence-electron chi connectivity index (χ1n) is 7.78. The summed E-state index contributed by atoms with van der Waals surface area (Å²) in [4.78, 5) is 22.9. The third-order valence-corrected chi connectivity index (χ3v) is 4.06. The van der Waals surface area contributed by atoms with Crippen LogP contribution in [-0.2, 0) is 9.53 Å². The normalized spacial score (nSPS) is 16.8. The number of benzene rings is 1. The summed E-state index contributed by atoms with van der Waals surface area (Å²) in [5.41, 5.74) is 5.45. The van der Waals surface area contributed by atoms with Crippen molar-refractivity contribution >= 4 is 11.9 Å². The van der Waals surface area contributed by atoms with Gasteiger partial charge in [0.05, 0.1) is 5.56 Å². The smallest absolute Gasteiger partial charge is 0.338 e. The van der Waals surface area contributed by atoms with Crippen LogP contribution < -0.4 is 10.5 Å². The third kappa shape index (κ3) is 4.76. The van der Waals surface area contributed by atoms with Crippen molar-refractivity contribution in [2.75, 3.05) is 6.61 Å². The van der Waals surface area contributed by atoms with E-state index in [4.69, 9.17) is 15.2 Å². The van der Waals surface area contributed by atoms with Gasteiger partial charge < -0.3 is 15.2 Å². The topological polar surface area (TPSA) is 78.6 Å². The van der Waals surface area contributed by atoms with E-state index >= 15 is 0 Å². The van der Waals surface area contributed by atoms with Crippen LogP contribution in [0.25, 0.3) is 0 Å². The van der Waals surface area contributed by atoms with Crippen LogP contribution in [0.2, 0.25) is 0 Å². The average Bonchev–Trinajstić information content (AvgIpc) is 2.54.